The van der Waals surface area contributed by atoms with Gasteiger partial charge in [-0.25, -0.2) is 4.98 Å². The average molecular weight is 350 g/mol. The Balaban J connectivity index is 1.40. The molecular weight excluding hydrogens is 328 g/mol. The lowest BCUT2D eigenvalue weighted by Crippen LogP contribution is -2.56. The van der Waals surface area contributed by atoms with Gasteiger partial charge in [0.25, 0.3) is 5.56 Å². The average Bonchev–Trinajstić information content (AvgIpc) is 2.57. The second-order valence-electron chi connectivity index (χ2n) is 6.51. The number of ether oxygens (including phenoxy) is 1. The van der Waals surface area contributed by atoms with Crippen LogP contribution in [0.4, 0.5) is 0 Å². The predicted octanol–water partition coefficient (Wildman–Crippen LogP) is -0.649. The summed E-state index contributed by atoms with van der Waals surface area (Å²) in [5, 5.41) is 15.3. The molecule has 1 aliphatic carbocycles. The zero-order chi connectivity index (χ0) is 17.8. The van der Waals surface area contributed by atoms with Gasteiger partial charge in [-0.2, -0.15) is 0 Å². The van der Waals surface area contributed by atoms with Crippen LogP contribution in [0.5, 0.6) is 5.88 Å². The number of carbonyl (C=O) groups is 2. The molecule has 0 bridgehead atoms. The zero-order valence-corrected chi connectivity index (χ0v) is 13.8. The molecule has 0 aromatic carbocycles. The first-order valence-corrected chi connectivity index (χ1v) is 8.50. The highest BCUT2D eigenvalue weighted by molar-refractivity contribution is 5.81. The Kier molecular flexibility index (Phi) is 5.32. The first kappa shape index (κ1) is 17.4. The molecule has 2 aliphatic rings. The van der Waals surface area contributed by atoms with Crippen molar-refractivity contribution in [3.05, 3.63) is 22.2 Å². The molecule has 9 nitrogen and oxygen atoms in total. The molecule has 4 N–H and O–H groups in total. The van der Waals surface area contributed by atoms with E-state index < -0.39 is 11.4 Å². The number of nitrogens with one attached hydrogen (secondary N) is 3. The van der Waals surface area contributed by atoms with Gasteiger partial charge < -0.3 is 25.5 Å². The van der Waals surface area contributed by atoms with Crippen molar-refractivity contribution in [1.29, 1.82) is 0 Å². The van der Waals surface area contributed by atoms with E-state index >= 15 is 0 Å². The third-order valence-corrected chi connectivity index (χ3v) is 4.59. The third-order valence-electron chi connectivity index (χ3n) is 4.59. The standard InChI is InChI=1S/C16H22N4O5/c21-13(7-11-14(22)17-8-18-15(11)23)19-9-5-10(6-9)20-16(24)12-3-1-2-4-25-12/h8-10,12H,1-7H2,(H,19,21)(H,20,24)(H2,17,18,22,23). The van der Waals surface area contributed by atoms with E-state index in [2.05, 4.69) is 20.6 Å². The van der Waals surface area contributed by atoms with Gasteiger partial charge >= 0.3 is 0 Å². The minimum Gasteiger partial charge on any atom is -0.493 e. The van der Waals surface area contributed by atoms with Crippen molar-refractivity contribution >= 4 is 11.8 Å². The molecule has 3 rings (SSSR count). The maximum atomic E-state index is 12.0. The van der Waals surface area contributed by atoms with Gasteiger partial charge in [-0.3, -0.25) is 14.4 Å². The van der Waals surface area contributed by atoms with Crippen LogP contribution in [0.25, 0.3) is 0 Å². The summed E-state index contributed by atoms with van der Waals surface area (Å²) in [4.78, 5) is 41.5. The van der Waals surface area contributed by atoms with Gasteiger partial charge in [-0.1, -0.05) is 0 Å². The lowest BCUT2D eigenvalue weighted by molar-refractivity contribution is -0.136. The van der Waals surface area contributed by atoms with E-state index in [-0.39, 0.29) is 42.0 Å². The summed E-state index contributed by atoms with van der Waals surface area (Å²) in [6.07, 6.45) is 4.51. The molecule has 1 aromatic rings. The first-order chi connectivity index (χ1) is 12.0. The Hall–Kier alpha value is -2.42. The van der Waals surface area contributed by atoms with E-state index in [1.807, 2.05) is 0 Å². The number of amides is 2. The second-order valence-corrected chi connectivity index (χ2v) is 6.51. The van der Waals surface area contributed by atoms with E-state index in [1.165, 1.54) is 0 Å². The molecule has 2 heterocycles. The lowest BCUT2D eigenvalue weighted by atomic mass is 9.86. The Morgan fingerprint density at radius 1 is 1.28 bits per heavy atom. The highest BCUT2D eigenvalue weighted by atomic mass is 16.5. The van der Waals surface area contributed by atoms with E-state index in [0.717, 1.165) is 25.6 Å². The fraction of sp³-hybridized carbons (Fsp3) is 0.625. The number of nitrogens with zero attached hydrogens (tertiary/aromatic N) is 1. The summed E-state index contributed by atoms with van der Waals surface area (Å²) < 4.78 is 5.45. The smallest absolute Gasteiger partial charge is 0.258 e. The number of H-pyrrole nitrogens is 1. The van der Waals surface area contributed by atoms with E-state index in [4.69, 9.17) is 4.74 Å². The summed E-state index contributed by atoms with van der Waals surface area (Å²) >= 11 is 0. The molecule has 1 saturated carbocycles. The molecule has 2 amide bonds. The van der Waals surface area contributed by atoms with E-state index in [1.54, 1.807) is 0 Å². The second kappa shape index (κ2) is 7.64. The van der Waals surface area contributed by atoms with E-state index in [0.29, 0.717) is 19.4 Å². The Morgan fingerprint density at radius 2 is 2.04 bits per heavy atom. The van der Waals surface area contributed by atoms with Crippen molar-refractivity contribution in [2.75, 3.05) is 6.61 Å². The van der Waals surface area contributed by atoms with Crippen LogP contribution in [0, 0.1) is 0 Å². The van der Waals surface area contributed by atoms with Gasteiger partial charge in [0.05, 0.1) is 18.3 Å². The van der Waals surface area contributed by atoms with Gasteiger partial charge in [-0.15, -0.1) is 0 Å². The molecule has 2 fully saturated rings. The van der Waals surface area contributed by atoms with Gasteiger partial charge in [0.15, 0.2) is 0 Å². The molecule has 25 heavy (non-hydrogen) atoms. The minimum atomic E-state index is -0.533. The molecule has 1 unspecified atom stereocenters. The molecule has 9 heteroatoms. The van der Waals surface area contributed by atoms with Crippen molar-refractivity contribution in [3.63, 3.8) is 0 Å². The summed E-state index contributed by atoms with van der Waals surface area (Å²) in [6.45, 7) is 0.627. The molecule has 0 spiro atoms. The van der Waals surface area contributed by atoms with Crippen LogP contribution in [-0.2, 0) is 20.7 Å². The molecular formula is C16H22N4O5. The molecule has 136 valence electrons. The number of aromatic amines is 1. The maximum absolute atomic E-state index is 12.0. The van der Waals surface area contributed by atoms with Crippen molar-refractivity contribution in [2.24, 2.45) is 0 Å². The number of aromatic nitrogens is 2. The lowest BCUT2D eigenvalue weighted by Gasteiger charge is -2.37. The molecule has 1 aromatic heterocycles. The summed E-state index contributed by atoms with van der Waals surface area (Å²) in [5.74, 6) is -0.884. The van der Waals surface area contributed by atoms with Crippen LogP contribution in [0.2, 0.25) is 0 Å². The third kappa shape index (κ3) is 4.36. The summed E-state index contributed by atoms with van der Waals surface area (Å²) in [7, 11) is 0. The van der Waals surface area contributed by atoms with Gasteiger partial charge in [0.2, 0.25) is 17.7 Å². The fourth-order valence-electron chi connectivity index (χ4n) is 3.11. The predicted molar refractivity (Wildman–Crippen MR) is 86.9 cm³/mol. The van der Waals surface area contributed by atoms with Crippen LogP contribution >= 0.6 is 0 Å². The van der Waals surface area contributed by atoms with Crippen LogP contribution in [0.1, 0.15) is 37.7 Å². The Bertz CT molecular complexity index is 692. The number of hydrogen-bond acceptors (Lipinski definition) is 6. The topological polar surface area (TPSA) is 133 Å². The van der Waals surface area contributed by atoms with Crippen molar-refractivity contribution in [3.8, 4) is 5.88 Å². The zero-order valence-electron chi connectivity index (χ0n) is 13.8. The highest BCUT2D eigenvalue weighted by Gasteiger charge is 2.33. The number of rotatable bonds is 5. The molecule has 1 atom stereocenters. The first-order valence-electron chi connectivity index (χ1n) is 8.50. The monoisotopic (exact) mass is 350 g/mol. The fourth-order valence-corrected chi connectivity index (χ4v) is 3.11. The molecule has 0 radical (unpaired) electrons. The Morgan fingerprint density at radius 3 is 2.72 bits per heavy atom. The van der Waals surface area contributed by atoms with Crippen LogP contribution in [-0.4, -0.2) is 51.7 Å². The van der Waals surface area contributed by atoms with Crippen molar-refractivity contribution in [2.45, 2.75) is 56.7 Å². The van der Waals surface area contributed by atoms with Gasteiger partial charge in [0.1, 0.15) is 6.10 Å². The minimum absolute atomic E-state index is 0.0264. The van der Waals surface area contributed by atoms with E-state index in [9.17, 15) is 19.5 Å². The summed E-state index contributed by atoms with van der Waals surface area (Å²) in [6, 6.07) is -0.0264. The van der Waals surface area contributed by atoms with Gasteiger partial charge in [-0.05, 0) is 32.1 Å². The SMILES string of the molecule is O=C(Cc1c(O)nc[nH]c1=O)NC1CC(NC(=O)C2CCCCO2)C1. The summed E-state index contributed by atoms with van der Waals surface area (Å²) in [5.41, 5.74) is -0.590. The van der Waals surface area contributed by atoms with Crippen LogP contribution in [0.15, 0.2) is 11.1 Å². The normalized spacial score (nSPS) is 25.7. The van der Waals surface area contributed by atoms with Gasteiger partial charge in [0, 0.05) is 18.7 Å². The maximum Gasteiger partial charge on any atom is 0.258 e. The van der Waals surface area contributed by atoms with Crippen molar-refractivity contribution in [1.82, 2.24) is 20.6 Å². The molecule has 1 aliphatic heterocycles. The Labute approximate surface area is 144 Å². The quantitative estimate of drug-likeness (QED) is 0.558. The highest BCUT2D eigenvalue weighted by Crippen LogP contribution is 2.21. The van der Waals surface area contributed by atoms with Crippen LogP contribution in [0.3, 0.4) is 0 Å². The van der Waals surface area contributed by atoms with Crippen molar-refractivity contribution < 1.29 is 19.4 Å². The van der Waals surface area contributed by atoms with Crippen LogP contribution < -0.4 is 16.2 Å². The number of hydrogen-bond donors (Lipinski definition) is 4. The molecule has 1 saturated heterocycles. The number of aromatic hydroxyl groups is 1. The number of carbonyl (C=O) groups excluding carboxylic acids is 2. The largest absolute Gasteiger partial charge is 0.493 e.